The molecule has 8 heteroatoms. The fourth-order valence-electron chi connectivity index (χ4n) is 2.25. The van der Waals surface area contributed by atoms with Crippen molar-refractivity contribution >= 4 is 34.1 Å². The summed E-state index contributed by atoms with van der Waals surface area (Å²) in [5, 5.41) is 8.93. The van der Waals surface area contributed by atoms with E-state index in [0.29, 0.717) is 23.5 Å². The molecule has 0 spiro atoms. The fourth-order valence-corrected chi connectivity index (χ4v) is 3.00. The lowest BCUT2D eigenvalue weighted by Gasteiger charge is -2.12. The zero-order valence-corrected chi connectivity index (χ0v) is 13.8. The molecule has 0 saturated carbocycles. The van der Waals surface area contributed by atoms with E-state index in [1.165, 1.54) is 18.4 Å². The maximum atomic E-state index is 12.3. The number of benzene rings is 1. The maximum absolute atomic E-state index is 12.3. The predicted octanol–water partition coefficient (Wildman–Crippen LogP) is 2.45. The Morgan fingerprint density at radius 1 is 1.38 bits per heavy atom. The molecule has 2 heterocycles. The summed E-state index contributed by atoms with van der Waals surface area (Å²) in [5.41, 5.74) is 12.0. The van der Waals surface area contributed by atoms with E-state index in [9.17, 15) is 4.79 Å². The van der Waals surface area contributed by atoms with E-state index in [4.69, 9.17) is 21.6 Å². The molecule has 0 aliphatic heterocycles. The number of rotatable bonds is 4. The van der Waals surface area contributed by atoms with E-state index in [-0.39, 0.29) is 11.9 Å². The summed E-state index contributed by atoms with van der Waals surface area (Å²) in [5.74, 6) is -0.0864. The number of fused-ring (bicyclic) bond motifs is 1. The predicted molar refractivity (Wildman–Crippen MR) is 94.6 cm³/mol. The smallest absolute Gasteiger partial charge is 0.276 e. The number of aromatic amines is 1. The van der Waals surface area contributed by atoms with Gasteiger partial charge in [-0.15, -0.1) is 11.3 Å². The number of guanidine groups is 1. The number of hydrogen-bond donors (Lipinski definition) is 4. The monoisotopic (exact) mass is 343 g/mol. The third-order valence-electron chi connectivity index (χ3n) is 3.56. The van der Waals surface area contributed by atoms with Gasteiger partial charge in [0.15, 0.2) is 16.8 Å². The topological polar surface area (TPSA) is 121 Å². The van der Waals surface area contributed by atoms with Gasteiger partial charge >= 0.3 is 0 Å². The summed E-state index contributed by atoms with van der Waals surface area (Å²) in [6, 6.07) is 11.1. The van der Waals surface area contributed by atoms with E-state index in [1.54, 1.807) is 6.07 Å². The largest absolute Gasteiger partial charge is 0.444 e. The van der Waals surface area contributed by atoms with Crippen molar-refractivity contribution in [1.82, 2.24) is 9.88 Å². The van der Waals surface area contributed by atoms with E-state index in [2.05, 4.69) is 4.98 Å². The molecule has 0 aliphatic carbocycles. The highest BCUT2D eigenvalue weighted by Gasteiger charge is 2.18. The Morgan fingerprint density at radius 2 is 2.17 bits per heavy atom. The molecule has 6 N–H and O–H groups in total. The standard InChI is InChI=1S/C16H17N5O2S/c1-21(16(18)19)15(22)11-7-9-3-2-4-12(14(9)20-11)23-13-6-5-10(8-17)24-13/h2-7,20H,8,17H2,1H3,(H3,18,19). The molecule has 0 unspecified atom stereocenters. The van der Waals surface area contributed by atoms with Crippen LogP contribution in [-0.2, 0) is 6.54 Å². The molecule has 0 aliphatic rings. The Labute approximate surface area is 142 Å². The number of carbonyl (C=O) groups excluding carboxylic acids is 1. The van der Waals surface area contributed by atoms with Crippen molar-refractivity contribution < 1.29 is 9.53 Å². The van der Waals surface area contributed by atoms with E-state index in [1.807, 2.05) is 30.3 Å². The second-order valence-electron chi connectivity index (χ2n) is 5.18. The van der Waals surface area contributed by atoms with Crippen LogP contribution < -0.4 is 16.2 Å². The second kappa shape index (κ2) is 6.34. The Kier molecular flexibility index (Phi) is 4.24. The minimum Gasteiger partial charge on any atom is -0.444 e. The summed E-state index contributed by atoms with van der Waals surface area (Å²) >= 11 is 1.48. The molecular formula is C16H17N5O2S. The molecule has 7 nitrogen and oxygen atoms in total. The summed E-state index contributed by atoms with van der Waals surface area (Å²) in [6.45, 7) is 0.469. The quantitative estimate of drug-likeness (QED) is 0.429. The molecule has 0 atom stereocenters. The van der Waals surface area contributed by atoms with Gasteiger partial charge in [-0.05, 0) is 24.3 Å². The lowest BCUT2D eigenvalue weighted by molar-refractivity contribution is 0.0864. The van der Waals surface area contributed by atoms with Gasteiger partial charge < -0.3 is 21.2 Å². The summed E-state index contributed by atoms with van der Waals surface area (Å²) in [4.78, 5) is 17.4. The summed E-state index contributed by atoms with van der Waals surface area (Å²) in [7, 11) is 1.45. The first kappa shape index (κ1) is 16.0. The van der Waals surface area contributed by atoms with Crippen molar-refractivity contribution in [2.75, 3.05) is 7.05 Å². The third kappa shape index (κ3) is 2.97. The highest BCUT2D eigenvalue weighted by atomic mass is 32.1. The van der Waals surface area contributed by atoms with Gasteiger partial charge in [0.1, 0.15) is 5.69 Å². The molecule has 0 bridgehead atoms. The average molecular weight is 343 g/mol. The minimum atomic E-state index is -0.383. The van der Waals surface area contributed by atoms with Gasteiger partial charge in [-0.3, -0.25) is 15.1 Å². The van der Waals surface area contributed by atoms with E-state index in [0.717, 1.165) is 20.2 Å². The SMILES string of the molecule is CN(C(=N)N)C(=O)c1cc2cccc(Oc3ccc(CN)s3)c2[nH]1. The van der Waals surface area contributed by atoms with Crippen LogP contribution in [0.2, 0.25) is 0 Å². The van der Waals surface area contributed by atoms with Gasteiger partial charge in [-0.2, -0.15) is 0 Å². The summed E-state index contributed by atoms with van der Waals surface area (Å²) < 4.78 is 5.92. The molecule has 0 radical (unpaired) electrons. The number of nitrogens with one attached hydrogen (secondary N) is 2. The van der Waals surface area contributed by atoms with Crippen LogP contribution in [-0.4, -0.2) is 28.8 Å². The number of hydrogen-bond acceptors (Lipinski definition) is 5. The molecule has 3 rings (SSSR count). The Bertz CT molecular complexity index is 914. The van der Waals surface area contributed by atoms with Gasteiger partial charge in [0.05, 0.1) is 5.52 Å². The number of ether oxygens (including phenoxy) is 1. The first-order chi connectivity index (χ1) is 11.5. The van der Waals surface area contributed by atoms with Crippen LogP contribution in [0.1, 0.15) is 15.4 Å². The van der Waals surface area contributed by atoms with Crippen molar-refractivity contribution in [2.24, 2.45) is 11.5 Å². The number of nitrogens with zero attached hydrogens (tertiary/aromatic N) is 1. The first-order valence-electron chi connectivity index (χ1n) is 7.20. The van der Waals surface area contributed by atoms with Gasteiger partial charge in [0.2, 0.25) is 0 Å². The zero-order chi connectivity index (χ0) is 17.3. The lowest BCUT2D eigenvalue weighted by Crippen LogP contribution is -2.38. The zero-order valence-electron chi connectivity index (χ0n) is 13.0. The Balaban J connectivity index is 1.95. The molecule has 0 saturated heterocycles. The summed E-state index contributed by atoms with van der Waals surface area (Å²) in [6.07, 6.45) is 0. The van der Waals surface area contributed by atoms with Crippen LogP contribution in [0.3, 0.4) is 0 Å². The second-order valence-corrected chi connectivity index (χ2v) is 6.31. The van der Waals surface area contributed by atoms with Crippen LogP contribution >= 0.6 is 11.3 Å². The molecule has 2 aromatic heterocycles. The normalized spacial score (nSPS) is 10.8. The molecule has 3 aromatic rings. The lowest BCUT2D eigenvalue weighted by atomic mass is 10.2. The van der Waals surface area contributed by atoms with Crippen LogP contribution in [0.25, 0.3) is 10.9 Å². The Hall–Kier alpha value is -2.84. The highest BCUT2D eigenvalue weighted by Crippen LogP contribution is 2.33. The Morgan fingerprint density at radius 3 is 2.83 bits per heavy atom. The number of thiophene rings is 1. The fraction of sp³-hybridized carbons (Fsp3) is 0.125. The van der Waals surface area contributed by atoms with Crippen LogP contribution in [0.5, 0.6) is 10.8 Å². The van der Waals surface area contributed by atoms with Crippen molar-refractivity contribution in [1.29, 1.82) is 5.41 Å². The van der Waals surface area contributed by atoms with Crippen LogP contribution in [0.4, 0.5) is 0 Å². The number of nitrogens with two attached hydrogens (primary N) is 2. The molecule has 0 fully saturated rings. The van der Waals surface area contributed by atoms with E-state index < -0.39 is 0 Å². The van der Waals surface area contributed by atoms with E-state index >= 15 is 0 Å². The molecule has 124 valence electrons. The number of amides is 1. The van der Waals surface area contributed by atoms with Crippen molar-refractivity contribution in [3.63, 3.8) is 0 Å². The van der Waals surface area contributed by atoms with Gasteiger partial charge in [-0.1, -0.05) is 12.1 Å². The molecule has 1 amide bonds. The maximum Gasteiger partial charge on any atom is 0.276 e. The number of para-hydroxylation sites is 1. The van der Waals surface area contributed by atoms with Crippen molar-refractivity contribution in [2.45, 2.75) is 6.54 Å². The molecule has 1 aromatic carbocycles. The number of carbonyl (C=O) groups is 1. The molecular weight excluding hydrogens is 326 g/mol. The van der Waals surface area contributed by atoms with Gasteiger partial charge in [0, 0.05) is 23.9 Å². The van der Waals surface area contributed by atoms with Gasteiger partial charge in [0.25, 0.3) is 5.91 Å². The van der Waals surface area contributed by atoms with Gasteiger partial charge in [-0.25, -0.2) is 0 Å². The van der Waals surface area contributed by atoms with Crippen molar-refractivity contribution in [3.05, 3.63) is 47.0 Å². The van der Waals surface area contributed by atoms with Crippen molar-refractivity contribution in [3.8, 4) is 10.8 Å². The number of H-pyrrole nitrogens is 1. The highest BCUT2D eigenvalue weighted by molar-refractivity contribution is 7.13. The third-order valence-corrected chi connectivity index (χ3v) is 4.55. The first-order valence-corrected chi connectivity index (χ1v) is 8.01. The molecule has 24 heavy (non-hydrogen) atoms. The van der Waals surface area contributed by atoms with Crippen LogP contribution in [0.15, 0.2) is 36.4 Å². The average Bonchev–Trinajstić information content (AvgIpc) is 3.20. The van der Waals surface area contributed by atoms with Crippen LogP contribution in [0, 0.1) is 5.41 Å². The number of aromatic nitrogens is 1. The minimum absolute atomic E-state index is 0.317.